The first-order valence-corrected chi connectivity index (χ1v) is 7.22. The van der Waals surface area contributed by atoms with E-state index in [0.717, 1.165) is 19.4 Å². The Morgan fingerprint density at radius 2 is 2.15 bits per heavy atom. The first-order valence-electron chi connectivity index (χ1n) is 7.22. The Balaban J connectivity index is 2.43. The zero-order chi connectivity index (χ0) is 15.1. The van der Waals surface area contributed by atoms with E-state index in [4.69, 9.17) is 9.84 Å². The minimum Gasteiger partial charge on any atom is -0.480 e. The van der Waals surface area contributed by atoms with Crippen molar-refractivity contribution >= 4 is 12.0 Å². The zero-order valence-electron chi connectivity index (χ0n) is 12.6. The fourth-order valence-corrected chi connectivity index (χ4v) is 2.37. The van der Waals surface area contributed by atoms with Crippen LogP contribution >= 0.6 is 0 Å². The van der Waals surface area contributed by atoms with Crippen molar-refractivity contribution in [1.29, 1.82) is 0 Å². The average Bonchev–Trinajstić information content (AvgIpc) is 2.38. The first kappa shape index (κ1) is 16.8. The summed E-state index contributed by atoms with van der Waals surface area (Å²) in [4.78, 5) is 24.7. The summed E-state index contributed by atoms with van der Waals surface area (Å²) >= 11 is 0. The number of aliphatic carboxylic acids is 1. The van der Waals surface area contributed by atoms with Crippen molar-refractivity contribution in [1.82, 2.24) is 10.2 Å². The van der Waals surface area contributed by atoms with Gasteiger partial charge in [0.05, 0.1) is 6.61 Å². The van der Waals surface area contributed by atoms with Gasteiger partial charge in [-0.25, -0.2) is 9.59 Å². The number of nitrogens with one attached hydrogen (secondary N) is 1. The molecule has 1 fully saturated rings. The highest BCUT2D eigenvalue weighted by Gasteiger charge is 2.24. The quantitative estimate of drug-likeness (QED) is 0.776. The average molecular weight is 286 g/mol. The lowest BCUT2D eigenvalue weighted by Crippen LogP contribution is -2.48. The van der Waals surface area contributed by atoms with Crippen LogP contribution in [0.5, 0.6) is 0 Å². The number of hydrogen-bond acceptors (Lipinski definition) is 3. The Morgan fingerprint density at radius 3 is 2.65 bits per heavy atom. The first-order chi connectivity index (χ1) is 9.40. The molecule has 0 aliphatic carbocycles. The van der Waals surface area contributed by atoms with Crippen molar-refractivity contribution in [3.05, 3.63) is 0 Å². The lowest BCUT2D eigenvalue weighted by atomic mass is 10.0. The molecule has 116 valence electrons. The van der Waals surface area contributed by atoms with E-state index < -0.39 is 12.0 Å². The normalized spacial score (nSPS) is 20.5. The molecular formula is C14H26N2O4. The Morgan fingerprint density at radius 1 is 1.45 bits per heavy atom. The lowest BCUT2D eigenvalue weighted by molar-refractivity contribution is -0.139. The van der Waals surface area contributed by atoms with Crippen LogP contribution in [0.25, 0.3) is 0 Å². The summed E-state index contributed by atoms with van der Waals surface area (Å²) in [5, 5.41) is 11.7. The van der Waals surface area contributed by atoms with Gasteiger partial charge in [0.15, 0.2) is 0 Å². The van der Waals surface area contributed by atoms with Crippen LogP contribution in [-0.2, 0) is 9.53 Å². The van der Waals surface area contributed by atoms with Gasteiger partial charge in [0.25, 0.3) is 0 Å². The van der Waals surface area contributed by atoms with Gasteiger partial charge in [0, 0.05) is 26.1 Å². The van der Waals surface area contributed by atoms with E-state index in [1.807, 2.05) is 13.8 Å². The third kappa shape index (κ3) is 5.77. The van der Waals surface area contributed by atoms with Crippen molar-refractivity contribution in [2.24, 2.45) is 11.8 Å². The summed E-state index contributed by atoms with van der Waals surface area (Å²) in [6, 6.07) is -1.16. The van der Waals surface area contributed by atoms with Crippen LogP contribution in [0.1, 0.15) is 33.1 Å². The zero-order valence-corrected chi connectivity index (χ0v) is 12.6. The van der Waals surface area contributed by atoms with Crippen molar-refractivity contribution in [2.75, 3.05) is 26.8 Å². The highest BCUT2D eigenvalue weighted by molar-refractivity contribution is 5.82. The van der Waals surface area contributed by atoms with E-state index in [-0.39, 0.29) is 11.9 Å². The molecule has 2 amide bonds. The van der Waals surface area contributed by atoms with Gasteiger partial charge in [-0.15, -0.1) is 0 Å². The number of amides is 2. The third-order valence-electron chi connectivity index (χ3n) is 3.44. The maximum absolute atomic E-state index is 12.0. The summed E-state index contributed by atoms with van der Waals surface area (Å²) in [5.74, 6) is -0.428. The molecule has 0 aromatic heterocycles. The molecule has 1 unspecified atom stereocenters. The van der Waals surface area contributed by atoms with Gasteiger partial charge in [-0.2, -0.15) is 0 Å². The van der Waals surface area contributed by atoms with Crippen molar-refractivity contribution in [2.45, 2.75) is 39.2 Å². The van der Waals surface area contributed by atoms with Crippen LogP contribution in [0.3, 0.4) is 0 Å². The van der Waals surface area contributed by atoms with Gasteiger partial charge < -0.3 is 20.1 Å². The van der Waals surface area contributed by atoms with Crippen LogP contribution < -0.4 is 5.32 Å². The molecule has 1 heterocycles. The molecule has 1 rings (SSSR count). The monoisotopic (exact) mass is 286 g/mol. The molecule has 2 atom stereocenters. The minimum absolute atomic E-state index is 0.216. The largest absolute Gasteiger partial charge is 0.480 e. The molecule has 6 heteroatoms. The van der Waals surface area contributed by atoms with Gasteiger partial charge in [0.2, 0.25) is 0 Å². The Bertz CT molecular complexity index is 327. The smallest absolute Gasteiger partial charge is 0.326 e. The predicted molar refractivity (Wildman–Crippen MR) is 75.6 cm³/mol. The SMILES string of the molecule is CC(C)C[C@@H](NC(=O)N(C)CC1CCCOC1)C(=O)O. The van der Waals surface area contributed by atoms with Crippen LogP contribution in [-0.4, -0.2) is 54.9 Å². The van der Waals surface area contributed by atoms with E-state index in [1.54, 1.807) is 11.9 Å². The number of carbonyl (C=O) groups is 2. The molecule has 2 N–H and O–H groups in total. The fraction of sp³-hybridized carbons (Fsp3) is 0.857. The summed E-state index contributed by atoms with van der Waals surface area (Å²) in [6.45, 7) is 5.93. The Hall–Kier alpha value is -1.30. The maximum atomic E-state index is 12.0. The number of ether oxygens (including phenoxy) is 1. The Kier molecular flexibility index (Phi) is 6.78. The number of carbonyl (C=O) groups excluding carboxylic acids is 1. The van der Waals surface area contributed by atoms with Crippen LogP contribution in [0, 0.1) is 11.8 Å². The topological polar surface area (TPSA) is 78.9 Å². The molecule has 20 heavy (non-hydrogen) atoms. The number of carboxylic acids is 1. The van der Waals surface area contributed by atoms with E-state index in [0.29, 0.717) is 25.5 Å². The van der Waals surface area contributed by atoms with Crippen LogP contribution in [0.15, 0.2) is 0 Å². The number of carboxylic acid groups (broad SMARTS) is 1. The second-order valence-corrected chi connectivity index (χ2v) is 5.93. The van der Waals surface area contributed by atoms with Crippen LogP contribution in [0.2, 0.25) is 0 Å². The second-order valence-electron chi connectivity index (χ2n) is 5.93. The number of hydrogen-bond donors (Lipinski definition) is 2. The number of urea groups is 1. The van der Waals surface area contributed by atoms with Crippen molar-refractivity contribution in [3.63, 3.8) is 0 Å². The molecule has 0 aromatic rings. The van der Waals surface area contributed by atoms with Gasteiger partial charge in [-0.3, -0.25) is 0 Å². The molecule has 0 bridgehead atoms. The molecular weight excluding hydrogens is 260 g/mol. The van der Waals surface area contributed by atoms with Crippen molar-refractivity contribution < 1.29 is 19.4 Å². The summed E-state index contributed by atoms with van der Waals surface area (Å²) in [7, 11) is 1.69. The Labute approximate surface area is 120 Å². The second kappa shape index (κ2) is 8.09. The molecule has 0 saturated carbocycles. The summed E-state index contributed by atoms with van der Waals surface area (Å²) in [6.07, 6.45) is 2.50. The van der Waals surface area contributed by atoms with Crippen molar-refractivity contribution in [3.8, 4) is 0 Å². The third-order valence-corrected chi connectivity index (χ3v) is 3.44. The van der Waals surface area contributed by atoms with E-state index in [1.165, 1.54) is 0 Å². The molecule has 6 nitrogen and oxygen atoms in total. The fourth-order valence-electron chi connectivity index (χ4n) is 2.37. The molecule has 1 aliphatic heterocycles. The van der Waals surface area contributed by atoms with E-state index in [2.05, 4.69) is 5.32 Å². The molecule has 0 aromatic carbocycles. The molecule has 1 aliphatic rings. The van der Waals surface area contributed by atoms with Crippen LogP contribution in [0.4, 0.5) is 4.79 Å². The molecule has 0 radical (unpaired) electrons. The summed E-state index contributed by atoms with van der Waals surface area (Å²) in [5.41, 5.74) is 0. The predicted octanol–water partition coefficient (Wildman–Crippen LogP) is 1.55. The van der Waals surface area contributed by atoms with E-state index >= 15 is 0 Å². The lowest BCUT2D eigenvalue weighted by Gasteiger charge is -2.28. The molecule has 0 spiro atoms. The molecule has 1 saturated heterocycles. The maximum Gasteiger partial charge on any atom is 0.326 e. The van der Waals surface area contributed by atoms with E-state index in [9.17, 15) is 9.59 Å². The standard InChI is InChI=1S/C14H26N2O4/c1-10(2)7-12(13(17)18)15-14(19)16(3)8-11-5-4-6-20-9-11/h10-12H,4-9H2,1-3H3,(H,15,19)(H,17,18)/t11?,12-/m1/s1. The summed E-state index contributed by atoms with van der Waals surface area (Å²) < 4.78 is 5.38. The number of rotatable bonds is 6. The van der Waals surface area contributed by atoms with Gasteiger partial charge >= 0.3 is 12.0 Å². The number of nitrogens with zero attached hydrogens (tertiary/aromatic N) is 1. The van der Waals surface area contributed by atoms with Gasteiger partial charge in [-0.05, 0) is 25.2 Å². The highest BCUT2D eigenvalue weighted by atomic mass is 16.5. The minimum atomic E-state index is -0.985. The van der Waals surface area contributed by atoms with Gasteiger partial charge in [0.1, 0.15) is 6.04 Å². The highest BCUT2D eigenvalue weighted by Crippen LogP contribution is 2.14. The van der Waals surface area contributed by atoms with Gasteiger partial charge in [-0.1, -0.05) is 13.8 Å².